The zero-order chi connectivity index (χ0) is 19.6. The first-order valence-corrected chi connectivity index (χ1v) is 8.58. The number of ether oxygens (including phenoxy) is 2. The summed E-state index contributed by atoms with van der Waals surface area (Å²) in [6.45, 7) is 3.47. The number of benzene rings is 2. The minimum Gasteiger partial charge on any atom is -0.491 e. The summed E-state index contributed by atoms with van der Waals surface area (Å²) in [5, 5.41) is 16.2. The highest BCUT2D eigenvalue weighted by molar-refractivity contribution is 7.80. The Labute approximate surface area is 161 Å². The zero-order valence-electron chi connectivity index (χ0n) is 14.6. The van der Waals surface area contributed by atoms with E-state index < -0.39 is 10.8 Å². The van der Waals surface area contributed by atoms with Crippen molar-refractivity contribution in [3.8, 4) is 5.75 Å². The standard InChI is InChI=1S/C18H19N3O5S/c1-2-25-10-11-26-16-5-3-4-14(12-16)19-18(27)20-17(22)13-6-8-15(9-7-13)21(23)24/h3-9,12H,2,10-11H2,1H3,(H2,19,20,22,27). The van der Waals surface area contributed by atoms with Crippen LogP contribution in [0.1, 0.15) is 17.3 Å². The SMILES string of the molecule is CCOCCOc1cccc(NC(=S)NC(=O)c2ccc([N+](=O)[O-])cc2)c1. The predicted octanol–water partition coefficient (Wildman–Crippen LogP) is 3.14. The van der Waals surface area contributed by atoms with E-state index in [1.54, 1.807) is 24.3 Å². The number of nitrogens with one attached hydrogen (secondary N) is 2. The van der Waals surface area contributed by atoms with E-state index in [0.29, 0.717) is 31.3 Å². The van der Waals surface area contributed by atoms with Crippen molar-refractivity contribution in [2.45, 2.75) is 6.92 Å². The van der Waals surface area contributed by atoms with Crippen molar-refractivity contribution in [3.63, 3.8) is 0 Å². The largest absolute Gasteiger partial charge is 0.491 e. The molecule has 0 saturated carbocycles. The second kappa shape index (κ2) is 10.2. The Kier molecular flexibility index (Phi) is 7.65. The molecule has 0 unspecified atom stereocenters. The number of nitro benzene ring substituents is 1. The van der Waals surface area contributed by atoms with Crippen LogP contribution in [0.3, 0.4) is 0 Å². The lowest BCUT2D eigenvalue weighted by molar-refractivity contribution is -0.384. The Hall–Kier alpha value is -3.04. The third-order valence-corrected chi connectivity index (χ3v) is 3.56. The lowest BCUT2D eigenvalue weighted by Gasteiger charge is -2.11. The maximum atomic E-state index is 12.1. The van der Waals surface area contributed by atoms with Gasteiger partial charge in [-0.05, 0) is 43.4 Å². The van der Waals surface area contributed by atoms with Crippen molar-refractivity contribution in [2.24, 2.45) is 0 Å². The van der Waals surface area contributed by atoms with Crippen LogP contribution < -0.4 is 15.4 Å². The number of thiocarbonyl (C=S) groups is 1. The van der Waals surface area contributed by atoms with Crippen molar-refractivity contribution in [1.82, 2.24) is 5.32 Å². The Morgan fingerprint density at radius 1 is 1.19 bits per heavy atom. The fourth-order valence-corrected chi connectivity index (χ4v) is 2.31. The van der Waals surface area contributed by atoms with E-state index >= 15 is 0 Å². The van der Waals surface area contributed by atoms with Crippen LogP contribution in [-0.2, 0) is 4.74 Å². The Morgan fingerprint density at radius 2 is 1.93 bits per heavy atom. The van der Waals surface area contributed by atoms with Gasteiger partial charge in [-0.25, -0.2) is 0 Å². The van der Waals surface area contributed by atoms with Gasteiger partial charge in [0.2, 0.25) is 0 Å². The van der Waals surface area contributed by atoms with E-state index in [0.717, 1.165) is 0 Å². The summed E-state index contributed by atoms with van der Waals surface area (Å²) in [6, 6.07) is 12.4. The number of rotatable bonds is 8. The van der Waals surface area contributed by atoms with Crippen molar-refractivity contribution in [1.29, 1.82) is 0 Å². The maximum absolute atomic E-state index is 12.1. The van der Waals surface area contributed by atoms with Crippen LogP contribution >= 0.6 is 12.2 Å². The summed E-state index contributed by atoms with van der Waals surface area (Å²) >= 11 is 5.13. The van der Waals surface area contributed by atoms with Crippen LogP contribution in [0.4, 0.5) is 11.4 Å². The monoisotopic (exact) mass is 389 g/mol. The molecule has 0 aliphatic rings. The number of hydrogen-bond donors (Lipinski definition) is 2. The molecule has 8 nitrogen and oxygen atoms in total. The Bertz CT molecular complexity index is 811. The molecule has 9 heteroatoms. The number of nitrogens with zero attached hydrogens (tertiary/aromatic N) is 1. The molecule has 0 atom stereocenters. The van der Waals surface area contributed by atoms with Gasteiger partial charge in [-0.2, -0.15) is 0 Å². The number of hydrogen-bond acceptors (Lipinski definition) is 6. The molecule has 27 heavy (non-hydrogen) atoms. The number of amides is 1. The minimum atomic E-state index is -0.530. The van der Waals surface area contributed by atoms with E-state index in [9.17, 15) is 14.9 Å². The molecule has 0 bridgehead atoms. The molecule has 0 aromatic heterocycles. The summed E-state index contributed by atoms with van der Waals surface area (Å²) in [5.74, 6) is 0.177. The minimum absolute atomic E-state index is 0.0894. The second-order valence-electron chi connectivity index (χ2n) is 5.29. The van der Waals surface area contributed by atoms with Crippen LogP contribution in [0.25, 0.3) is 0 Å². The van der Waals surface area contributed by atoms with Crippen LogP contribution in [-0.4, -0.2) is 35.8 Å². The molecule has 0 spiro atoms. The van der Waals surface area contributed by atoms with Gasteiger partial charge >= 0.3 is 0 Å². The summed E-state index contributed by atoms with van der Waals surface area (Å²) in [4.78, 5) is 22.3. The van der Waals surface area contributed by atoms with Gasteiger partial charge in [0, 0.05) is 36.1 Å². The van der Waals surface area contributed by atoms with E-state index in [1.807, 2.05) is 6.92 Å². The number of nitro groups is 1. The fourth-order valence-electron chi connectivity index (χ4n) is 2.10. The number of non-ortho nitro benzene ring substituents is 1. The van der Waals surface area contributed by atoms with Crippen molar-refractivity contribution < 1.29 is 19.2 Å². The molecule has 2 aromatic rings. The zero-order valence-corrected chi connectivity index (χ0v) is 15.5. The first kappa shape index (κ1) is 20.3. The van der Waals surface area contributed by atoms with E-state index in [2.05, 4.69) is 10.6 Å². The predicted molar refractivity (Wildman–Crippen MR) is 105 cm³/mol. The Morgan fingerprint density at radius 3 is 2.59 bits per heavy atom. The van der Waals surface area contributed by atoms with E-state index in [-0.39, 0.29) is 16.4 Å². The molecule has 0 heterocycles. The molecular formula is C18H19N3O5S. The van der Waals surface area contributed by atoms with Crippen LogP contribution in [0.15, 0.2) is 48.5 Å². The topological polar surface area (TPSA) is 103 Å². The molecule has 0 aliphatic carbocycles. The number of carbonyl (C=O) groups is 1. The average molecular weight is 389 g/mol. The van der Waals surface area contributed by atoms with E-state index in [4.69, 9.17) is 21.7 Å². The summed E-state index contributed by atoms with van der Waals surface area (Å²) in [5.41, 5.74) is 0.823. The van der Waals surface area contributed by atoms with Gasteiger partial charge in [-0.15, -0.1) is 0 Å². The highest BCUT2D eigenvalue weighted by Crippen LogP contribution is 2.17. The van der Waals surface area contributed by atoms with Gasteiger partial charge in [0.1, 0.15) is 12.4 Å². The fraction of sp³-hybridized carbons (Fsp3) is 0.222. The molecule has 2 N–H and O–H groups in total. The third-order valence-electron chi connectivity index (χ3n) is 3.36. The van der Waals surface area contributed by atoms with E-state index in [1.165, 1.54) is 24.3 Å². The quantitative estimate of drug-likeness (QED) is 0.309. The summed E-state index contributed by atoms with van der Waals surface area (Å²) in [6.07, 6.45) is 0. The van der Waals surface area contributed by atoms with Gasteiger partial charge in [-0.3, -0.25) is 20.2 Å². The lowest BCUT2D eigenvalue weighted by Crippen LogP contribution is -2.34. The smallest absolute Gasteiger partial charge is 0.269 e. The molecule has 0 fully saturated rings. The highest BCUT2D eigenvalue weighted by Gasteiger charge is 2.11. The van der Waals surface area contributed by atoms with Gasteiger partial charge < -0.3 is 14.8 Å². The number of carbonyl (C=O) groups excluding carboxylic acids is 1. The van der Waals surface area contributed by atoms with Gasteiger partial charge in [0.25, 0.3) is 11.6 Å². The van der Waals surface area contributed by atoms with Crippen LogP contribution in [0, 0.1) is 10.1 Å². The molecular weight excluding hydrogens is 370 g/mol. The van der Waals surface area contributed by atoms with Crippen molar-refractivity contribution in [2.75, 3.05) is 25.1 Å². The highest BCUT2D eigenvalue weighted by atomic mass is 32.1. The van der Waals surface area contributed by atoms with Crippen molar-refractivity contribution in [3.05, 3.63) is 64.2 Å². The molecule has 0 saturated heterocycles. The molecule has 1 amide bonds. The molecule has 2 rings (SSSR count). The Balaban J connectivity index is 1.89. The second-order valence-corrected chi connectivity index (χ2v) is 5.69. The number of anilines is 1. The molecule has 142 valence electrons. The average Bonchev–Trinajstić information content (AvgIpc) is 2.65. The molecule has 0 aliphatic heterocycles. The first-order chi connectivity index (χ1) is 13.0. The third kappa shape index (κ3) is 6.65. The van der Waals surface area contributed by atoms with Gasteiger partial charge in [0.05, 0.1) is 11.5 Å². The van der Waals surface area contributed by atoms with Crippen LogP contribution in [0.2, 0.25) is 0 Å². The van der Waals surface area contributed by atoms with Gasteiger partial charge in [-0.1, -0.05) is 6.07 Å². The summed E-state index contributed by atoms with van der Waals surface area (Å²) in [7, 11) is 0. The molecule has 0 radical (unpaired) electrons. The van der Waals surface area contributed by atoms with Crippen molar-refractivity contribution >= 4 is 34.6 Å². The van der Waals surface area contributed by atoms with Gasteiger partial charge in [0.15, 0.2) is 5.11 Å². The normalized spacial score (nSPS) is 10.1. The maximum Gasteiger partial charge on any atom is 0.269 e. The first-order valence-electron chi connectivity index (χ1n) is 8.17. The van der Waals surface area contributed by atoms with Crippen LogP contribution in [0.5, 0.6) is 5.75 Å². The molecule has 2 aromatic carbocycles. The lowest BCUT2D eigenvalue weighted by atomic mass is 10.2. The summed E-state index contributed by atoms with van der Waals surface area (Å²) < 4.78 is 10.8.